The van der Waals surface area contributed by atoms with Crippen molar-refractivity contribution in [2.75, 3.05) is 0 Å². The number of carboxylic acids is 1. The maximum Gasteiger partial charge on any atom is 0.416 e. The van der Waals surface area contributed by atoms with Gasteiger partial charge in [-0.2, -0.15) is 13.2 Å². The fourth-order valence-electron chi connectivity index (χ4n) is 4.12. The third-order valence-electron chi connectivity index (χ3n) is 5.88. The number of ether oxygens (including phenoxy) is 1. The van der Waals surface area contributed by atoms with E-state index in [2.05, 4.69) is 5.32 Å². The molecule has 0 spiro atoms. The van der Waals surface area contributed by atoms with Gasteiger partial charge in [-0.05, 0) is 65.8 Å². The molecule has 5 nitrogen and oxygen atoms in total. The molecular formula is C29H29F4NO4. The number of rotatable bonds is 11. The van der Waals surface area contributed by atoms with Crippen LogP contribution in [0, 0.1) is 11.7 Å². The molecule has 202 valence electrons. The summed E-state index contributed by atoms with van der Waals surface area (Å²) in [6, 6.07) is 15.2. The Hall–Kier alpha value is -3.88. The molecule has 0 saturated carbocycles. The van der Waals surface area contributed by atoms with Crippen molar-refractivity contribution in [2.24, 2.45) is 5.92 Å². The van der Waals surface area contributed by atoms with Crippen molar-refractivity contribution in [3.8, 4) is 5.75 Å². The lowest BCUT2D eigenvalue weighted by Crippen LogP contribution is -2.32. The van der Waals surface area contributed by atoms with Gasteiger partial charge in [0.2, 0.25) is 0 Å². The summed E-state index contributed by atoms with van der Waals surface area (Å²) in [4.78, 5) is 24.6. The Balaban J connectivity index is 1.95. The van der Waals surface area contributed by atoms with E-state index in [1.807, 2.05) is 18.2 Å². The first-order valence-corrected chi connectivity index (χ1v) is 12.1. The number of aliphatic carboxylic acids is 1. The van der Waals surface area contributed by atoms with Crippen molar-refractivity contribution in [1.82, 2.24) is 5.32 Å². The Morgan fingerprint density at radius 3 is 2.34 bits per heavy atom. The summed E-state index contributed by atoms with van der Waals surface area (Å²) in [7, 11) is 0. The number of alkyl halides is 3. The first kappa shape index (κ1) is 28.7. The predicted octanol–water partition coefficient (Wildman–Crippen LogP) is 6.96. The predicted molar refractivity (Wildman–Crippen MR) is 134 cm³/mol. The fourth-order valence-corrected chi connectivity index (χ4v) is 4.12. The van der Waals surface area contributed by atoms with Gasteiger partial charge in [0.15, 0.2) is 0 Å². The number of halogens is 4. The minimum Gasteiger partial charge on any atom is -0.489 e. The van der Waals surface area contributed by atoms with Crippen molar-refractivity contribution in [2.45, 2.75) is 51.9 Å². The molecule has 0 saturated heterocycles. The van der Waals surface area contributed by atoms with E-state index in [1.165, 1.54) is 0 Å². The van der Waals surface area contributed by atoms with Crippen molar-refractivity contribution in [3.63, 3.8) is 0 Å². The van der Waals surface area contributed by atoms with E-state index in [9.17, 15) is 27.2 Å². The highest BCUT2D eigenvalue weighted by atomic mass is 19.4. The lowest BCUT2D eigenvalue weighted by molar-refractivity contribution is -0.139. The van der Waals surface area contributed by atoms with Gasteiger partial charge in [0.25, 0.3) is 5.91 Å². The smallest absolute Gasteiger partial charge is 0.416 e. The van der Waals surface area contributed by atoms with E-state index in [-0.39, 0.29) is 42.9 Å². The standard InChI is InChI=1S/C29H29F4NO4/c1-18(2)14-26(23-12-11-21(30)16-25(23)29(31,32)33)34-28(37)24-15-19(8-9-20(24)10-13-27(35)36)17-38-22-6-4-3-5-7-22/h3-9,11-12,15-16,18,26H,10,13-14,17H2,1-2H3,(H,34,37)(H,35,36). The van der Waals surface area contributed by atoms with Gasteiger partial charge in [-0.25, -0.2) is 4.39 Å². The van der Waals surface area contributed by atoms with E-state index in [0.717, 1.165) is 12.1 Å². The molecule has 3 aromatic rings. The van der Waals surface area contributed by atoms with E-state index in [4.69, 9.17) is 9.84 Å². The van der Waals surface area contributed by atoms with E-state index < -0.39 is 35.5 Å². The number of carbonyl (C=O) groups is 2. The van der Waals surface area contributed by atoms with Gasteiger partial charge < -0.3 is 15.2 Å². The Kier molecular flexibility index (Phi) is 9.50. The zero-order valence-corrected chi connectivity index (χ0v) is 21.0. The molecule has 2 N–H and O–H groups in total. The van der Waals surface area contributed by atoms with Crippen LogP contribution in [0.5, 0.6) is 5.75 Å². The van der Waals surface area contributed by atoms with E-state index in [1.54, 1.807) is 44.2 Å². The monoisotopic (exact) mass is 531 g/mol. The summed E-state index contributed by atoms with van der Waals surface area (Å²) in [6.45, 7) is 3.72. The van der Waals surface area contributed by atoms with Crippen LogP contribution in [0.15, 0.2) is 66.7 Å². The topological polar surface area (TPSA) is 75.6 Å². The Labute approximate surface area is 218 Å². The van der Waals surface area contributed by atoms with Gasteiger partial charge in [0, 0.05) is 12.0 Å². The highest BCUT2D eigenvalue weighted by molar-refractivity contribution is 5.96. The Morgan fingerprint density at radius 2 is 1.71 bits per heavy atom. The number of nitrogens with one attached hydrogen (secondary N) is 1. The van der Waals surface area contributed by atoms with E-state index in [0.29, 0.717) is 22.9 Å². The quantitative estimate of drug-likeness (QED) is 0.262. The van der Waals surface area contributed by atoms with Crippen LogP contribution in [-0.2, 0) is 24.0 Å². The number of carbonyl (C=O) groups excluding carboxylic acids is 1. The second-order valence-corrected chi connectivity index (χ2v) is 9.37. The Morgan fingerprint density at radius 1 is 1.00 bits per heavy atom. The third kappa shape index (κ3) is 8.06. The molecule has 3 aromatic carbocycles. The molecule has 0 aliphatic rings. The van der Waals surface area contributed by atoms with Gasteiger partial charge in [-0.3, -0.25) is 9.59 Å². The molecule has 1 atom stereocenters. The maximum atomic E-state index is 13.8. The zero-order valence-electron chi connectivity index (χ0n) is 21.0. The molecule has 9 heteroatoms. The summed E-state index contributed by atoms with van der Waals surface area (Å²) in [5, 5.41) is 11.8. The minimum atomic E-state index is -4.82. The molecule has 0 bridgehead atoms. The van der Waals surface area contributed by atoms with E-state index >= 15 is 0 Å². The third-order valence-corrected chi connectivity index (χ3v) is 5.88. The van der Waals surface area contributed by atoms with Crippen LogP contribution < -0.4 is 10.1 Å². The van der Waals surface area contributed by atoms with Crippen molar-refractivity contribution < 1.29 is 37.0 Å². The summed E-state index contributed by atoms with van der Waals surface area (Å²) >= 11 is 0. The average Bonchev–Trinajstić information content (AvgIpc) is 2.85. The SMILES string of the molecule is CC(C)CC(NC(=O)c1cc(COc2ccccc2)ccc1CCC(=O)O)c1ccc(F)cc1C(F)(F)F. The molecule has 0 aliphatic carbocycles. The second kappa shape index (κ2) is 12.6. The molecule has 1 amide bonds. The first-order chi connectivity index (χ1) is 17.9. The molecule has 0 radical (unpaired) electrons. The summed E-state index contributed by atoms with van der Waals surface area (Å²) in [6.07, 6.45) is -4.83. The van der Waals surface area contributed by atoms with Gasteiger partial charge >= 0.3 is 12.1 Å². The second-order valence-electron chi connectivity index (χ2n) is 9.37. The highest BCUT2D eigenvalue weighted by Crippen LogP contribution is 2.37. The number of hydrogen-bond donors (Lipinski definition) is 2. The molecule has 0 fully saturated rings. The molecule has 38 heavy (non-hydrogen) atoms. The lowest BCUT2D eigenvalue weighted by Gasteiger charge is -2.25. The summed E-state index contributed by atoms with van der Waals surface area (Å²) in [5.74, 6) is -2.22. The largest absolute Gasteiger partial charge is 0.489 e. The number of amides is 1. The number of carboxylic acid groups (broad SMARTS) is 1. The van der Waals surface area contributed by atoms with Crippen LogP contribution in [0.1, 0.15) is 65.3 Å². The molecular weight excluding hydrogens is 502 g/mol. The summed E-state index contributed by atoms with van der Waals surface area (Å²) in [5.41, 5.74) is -0.191. The van der Waals surface area contributed by atoms with Crippen LogP contribution >= 0.6 is 0 Å². The lowest BCUT2D eigenvalue weighted by atomic mass is 9.92. The Bertz CT molecular complexity index is 1260. The van der Waals surface area contributed by atoms with Gasteiger partial charge in [-0.1, -0.05) is 50.2 Å². The van der Waals surface area contributed by atoms with Crippen molar-refractivity contribution in [3.05, 3.63) is 100 Å². The molecule has 1 unspecified atom stereocenters. The molecule has 0 aromatic heterocycles. The number of aryl methyl sites for hydroxylation is 1. The number of para-hydroxylation sites is 1. The van der Waals surface area contributed by atoms with Crippen molar-refractivity contribution >= 4 is 11.9 Å². The van der Waals surface area contributed by atoms with Gasteiger partial charge in [0.1, 0.15) is 18.2 Å². The zero-order chi connectivity index (χ0) is 27.9. The van der Waals surface area contributed by atoms with Crippen LogP contribution in [0.25, 0.3) is 0 Å². The highest BCUT2D eigenvalue weighted by Gasteiger charge is 2.36. The minimum absolute atomic E-state index is 0.0527. The van der Waals surface area contributed by atoms with Gasteiger partial charge in [-0.15, -0.1) is 0 Å². The van der Waals surface area contributed by atoms with Crippen LogP contribution in [0.4, 0.5) is 17.6 Å². The van der Waals surface area contributed by atoms with Crippen LogP contribution in [0.3, 0.4) is 0 Å². The maximum absolute atomic E-state index is 13.8. The molecule has 3 rings (SSSR count). The number of hydrogen-bond acceptors (Lipinski definition) is 3. The average molecular weight is 532 g/mol. The number of benzene rings is 3. The van der Waals surface area contributed by atoms with Crippen LogP contribution in [0.2, 0.25) is 0 Å². The van der Waals surface area contributed by atoms with Gasteiger partial charge in [0.05, 0.1) is 11.6 Å². The molecule has 0 aliphatic heterocycles. The van der Waals surface area contributed by atoms with Crippen LogP contribution in [-0.4, -0.2) is 17.0 Å². The fraction of sp³-hybridized carbons (Fsp3) is 0.310. The normalized spacial score (nSPS) is 12.3. The summed E-state index contributed by atoms with van der Waals surface area (Å²) < 4.78 is 60.7. The first-order valence-electron chi connectivity index (χ1n) is 12.1. The molecule has 0 heterocycles. The van der Waals surface area contributed by atoms with Crippen molar-refractivity contribution in [1.29, 1.82) is 0 Å².